The summed E-state index contributed by atoms with van der Waals surface area (Å²) in [6.45, 7) is 4.92. The molecule has 0 aliphatic rings. The summed E-state index contributed by atoms with van der Waals surface area (Å²) < 4.78 is 1.87. The van der Waals surface area contributed by atoms with Crippen LogP contribution in [0.4, 0.5) is 0 Å². The monoisotopic (exact) mass is 245 g/mol. The molecule has 0 atom stereocenters. The van der Waals surface area contributed by atoms with Crippen LogP contribution in [0.5, 0.6) is 0 Å². The number of pyridine rings is 1. The van der Waals surface area contributed by atoms with Crippen LogP contribution in [0.25, 0.3) is 5.82 Å². The van der Waals surface area contributed by atoms with E-state index in [1.807, 2.05) is 17.8 Å². The van der Waals surface area contributed by atoms with Crippen molar-refractivity contribution in [2.75, 3.05) is 7.05 Å². The van der Waals surface area contributed by atoms with E-state index in [1.54, 1.807) is 6.20 Å². The van der Waals surface area contributed by atoms with Crippen LogP contribution in [0.15, 0.2) is 18.3 Å². The van der Waals surface area contributed by atoms with Gasteiger partial charge in [0.05, 0.1) is 0 Å². The fraction of sp³-hybridized carbons (Fsp3) is 0.462. The van der Waals surface area contributed by atoms with Crippen LogP contribution in [0, 0.1) is 0 Å². The zero-order chi connectivity index (χ0) is 13.0. The first kappa shape index (κ1) is 12.7. The van der Waals surface area contributed by atoms with Crippen molar-refractivity contribution in [1.82, 2.24) is 25.1 Å². The highest BCUT2D eigenvalue weighted by Gasteiger charge is 2.12. The molecule has 0 fully saturated rings. The van der Waals surface area contributed by atoms with Crippen LogP contribution in [0.3, 0.4) is 0 Å². The Morgan fingerprint density at radius 3 is 2.78 bits per heavy atom. The summed E-state index contributed by atoms with van der Waals surface area (Å²) in [4.78, 5) is 8.96. The number of rotatable bonds is 5. The van der Waals surface area contributed by atoms with Crippen LogP contribution in [0.2, 0.25) is 0 Å². The quantitative estimate of drug-likeness (QED) is 0.867. The molecule has 96 valence electrons. The molecule has 0 radical (unpaired) electrons. The third-order valence-electron chi connectivity index (χ3n) is 2.79. The first-order chi connectivity index (χ1) is 8.80. The summed E-state index contributed by atoms with van der Waals surface area (Å²) >= 11 is 0. The molecule has 1 N–H and O–H groups in total. The molecule has 5 heteroatoms. The van der Waals surface area contributed by atoms with E-state index in [0.29, 0.717) is 0 Å². The number of hydrogen-bond acceptors (Lipinski definition) is 4. The molecule has 0 amide bonds. The predicted molar refractivity (Wildman–Crippen MR) is 70.7 cm³/mol. The molecule has 2 aromatic heterocycles. The van der Waals surface area contributed by atoms with Crippen LogP contribution in [-0.2, 0) is 19.4 Å². The Labute approximate surface area is 107 Å². The fourth-order valence-corrected chi connectivity index (χ4v) is 1.89. The van der Waals surface area contributed by atoms with E-state index >= 15 is 0 Å². The van der Waals surface area contributed by atoms with Crippen molar-refractivity contribution < 1.29 is 0 Å². The summed E-state index contributed by atoms with van der Waals surface area (Å²) in [7, 11) is 1.93. The van der Waals surface area contributed by atoms with Crippen LogP contribution >= 0.6 is 0 Å². The predicted octanol–water partition coefficient (Wildman–Crippen LogP) is 1.51. The number of hydrogen-bond donors (Lipinski definition) is 1. The van der Waals surface area contributed by atoms with Gasteiger partial charge in [-0.2, -0.15) is 4.68 Å². The summed E-state index contributed by atoms with van der Waals surface area (Å²) in [6.07, 6.45) is 3.48. The number of aryl methyl sites for hydroxylation is 2. The smallest absolute Gasteiger partial charge is 0.159 e. The molecule has 0 aliphatic heterocycles. The van der Waals surface area contributed by atoms with Crippen LogP contribution in [-0.4, -0.2) is 26.8 Å². The van der Waals surface area contributed by atoms with Gasteiger partial charge in [0.2, 0.25) is 0 Å². The third-order valence-corrected chi connectivity index (χ3v) is 2.79. The Morgan fingerprint density at radius 1 is 1.28 bits per heavy atom. The molecule has 0 spiro atoms. The standard InChI is InChI=1S/C13H19N5/c1-4-11-16-12(5-2)18(17-11)13-10(9-14-3)7-6-8-15-13/h6-8,14H,4-5,9H2,1-3H3. The highest BCUT2D eigenvalue weighted by atomic mass is 15.4. The van der Waals surface area contributed by atoms with Gasteiger partial charge >= 0.3 is 0 Å². The maximum atomic E-state index is 4.53. The Morgan fingerprint density at radius 2 is 2.11 bits per heavy atom. The molecule has 0 aliphatic carbocycles. The molecule has 0 bridgehead atoms. The molecular formula is C13H19N5. The van der Waals surface area contributed by atoms with Crippen molar-refractivity contribution in [3.8, 4) is 5.82 Å². The molecule has 0 unspecified atom stereocenters. The molecular weight excluding hydrogens is 226 g/mol. The van der Waals surface area contributed by atoms with Gasteiger partial charge in [0, 0.05) is 31.1 Å². The lowest BCUT2D eigenvalue weighted by atomic mass is 10.2. The van der Waals surface area contributed by atoms with Gasteiger partial charge in [0.1, 0.15) is 5.82 Å². The van der Waals surface area contributed by atoms with E-state index in [0.717, 1.165) is 42.4 Å². The molecule has 2 heterocycles. The van der Waals surface area contributed by atoms with Crippen LogP contribution < -0.4 is 5.32 Å². The highest BCUT2D eigenvalue weighted by Crippen LogP contribution is 2.13. The first-order valence-corrected chi connectivity index (χ1v) is 6.33. The second-order valence-corrected chi connectivity index (χ2v) is 4.08. The van der Waals surface area contributed by atoms with E-state index in [2.05, 4.69) is 40.3 Å². The van der Waals surface area contributed by atoms with Gasteiger partial charge in [-0.1, -0.05) is 19.9 Å². The summed E-state index contributed by atoms with van der Waals surface area (Å²) in [5.41, 5.74) is 1.13. The lowest BCUT2D eigenvalue weighted by Crippen LogP contribution is -2.12. The van der Waals surface area contributed by atoms with Crippen molar-refractivity contribution >= 4 is 0 Å². The van der Waals surface area contributed by atoms with Crippen LogP contribution in [0.1, 0.15) is 31.1 Å². The molecule has 0 aromatic carbocycles. The van der Waals surface area contributed by atoms with Gasteiger partial charge in [-0.05, 0) is 13.1 Å². The van der Waals surface area contributed by atoms with E-state index in [1.165, 1.54) is 0 Å². The molecule has 0 saturated heterocycles. The zero-order valence-corrected chi connectivity index (χ0v) is 11.1. The largest absolute Gasteiger partial charge is 0.316 e. The minimum Gasteiger partial charge on any atom is -0.316 e. The number of nitrogens with one attached hydrogen (secondary N) is 1. The average Bonchev–Trinajstić information content (AvgIpc) is 2.83. The molecule has 5 nitrogen and oxygen atoms in total. The fourth-order valence-electron chi connectivity index (χ4n) is 1.89. The highest BCUT2D eigenvalue weighted by molar-refractivity contribution is 5.33. The molecule has 0 saturated carbocycles. The van der Waals surface area contributed by atoms with Gasteiger partial charge in [-0.25, -0.2) is 9.97 Å². The Bertz CT molecular complexity index is 518. The van der Waals surface area contributed by atoms with E-state index < -0.39 is 0 Å². The zero-order valence-electron chi connectivity index (χ0n) is 11.1. The second-order valence-electron chi connectivity index (χ2n) is 4.08. The maximum absolute atomic E-state index is 4.53. The first-order valence-electron chi connectivity index (χ1n) is 6.33. The Balaban J connectivity index is 2.50. The minimum absolute atomic E-state index is 0.771. The van der Waals surface area contributed by atoms with E-state index in [-0.39, 0.29) is 0 Å². The SMILES string of the molecule is CCc1nc(CC)n(-c2ncccc2CNC)n1. The van der Waals surface area contributed by atoms with Gasteiger partial charge in [-0.3, -0.25) is 0 Å². The maximum Gasteiger partial charge on any atom is 0.159 e. The van der Waals surface area contributed by atoms with Crippen molar-refractivity contribution in [3.05, 3.63) is 35.5 Å². The van der Waals surface area contributed by atoms with Crippen molar-refractivity contribution in [2.24, 2.45) is 0 Å². The Kier molecular flexibility index (Phi) is 4.04. The summed E-state index contributed by atoms with van der Waals surface area (Å²) in [6, 6.07) is 4.00. The normalized spacial score (nSPS) is 10.8. The number of nitrogens with zero attached hydrogens (tertiary/aromatic N) is 4. The third kappa shape index (κ3) is 2.41. The van der Waals surface area contributed by atoms with Gasteiger partial charge in [-0.15, -0.1) is 5.10 Å². The van der Waals surface area contributed by atoms with E-state index in [4.69, 9.17) is 0 Å². The lowest BCUT2D eigenvalue weighted by molar-refractivity contribution is 0.735. The number of aromatic nitrogens is 4. The van der Waals surface area contributed by atoms with Gasteiger partial charge in [0.25, 0.3) is 0 Å². The van der Waals surface area contributed by atoms with Crippen molar-refractivity contribution in [2.45, 2.75) is 33.2 Å². The molecule has 2 rings (SSSR count). The summed E-state index contributed by atoms with van der Waals surface area (Å²) in [5, 5.41) is 7.68. The minimum atomic E-state index is 0.771. The van der Waals surface area contributed by atoms with Crippen molar-refractivity contribution in [1.29, 1.82) is 0 Å². The lowest BCUT2D eigenvalue weighted by Gasteiger charge is -2.09. The molecule has 18 heavy (non-hydrogen) atoms. The van der Waals surface area contributed by atoms with Gasteiger partial charge < -0.3 is 5.32 Å². The average molecular weight is 245 g/mol. The molecule has 2 aromatic rings. The van der Waals surface area contributed by atoms with Crippen molar-refractivity contribution in [3.63, 3.8) is 0 Å². The Hall–Kier alpha value is -1.75. The van der Waals surface area contributed by atoms with E-state index in [9.17, 15) is 0 Å². The second kappa shape index (κ2) is 5.73. The summed E-state index contributed by atoms with van der Waals surface area (Å²) in [5.74, 6) is 2.70. The topological polar surface area (TPSA) is 55.6 Å². The van der Waals surface area contributed by atoms with Gasteiger partial charge in [0.15, 0.2) is 11.6 Å².